The highest BCUT2D eigenvalue weighted by molar-refractivity contribution is 7.10. The van der Waals surface area contributed by atoms with Crippen LogP contribution in [-0.4, -0.2) is 45.9 Å². The first-order chi connectivity index (χ1) is 12.8. The predicted molar refractivity (Wildman–Crippen MR) is 99.4 cm³/mol. The van der Waals surface area contributed by atoms with Gasteiger partial charge in [0, 0.05) is 23.0 Å². The Morgan fingerprint density at radius 2 is 2.08 bits per heavy atom. The summed E-state index contributed by atoms with van der Waals surface area (Å²) in [5.41, 5.74) is 0.852. The topological polar surface area (TPSA) is 65.3 Å². The average Bonchev–Trinajstić information content (AvgIpc) is 3.42. The second-order valence-electron chi connectivity index (χ2n) is 6.18. The van der Waals surface area contributed by atoms with Crippen molar-refractivity contribution >= 4 is 11.3 Å². The van der Waals surface area contributed by atoms with Crippen LogP contribution in [0.4, 0.5) is 0 Å². The number of hydrogen-bond donors (Lipinski definition) is 0. The third-order valence-electron chi connectivity index (χ3n) is 4.64. The highest BCUT2D eigenvalue weighted by atomic mass is 32.1. The van der Waals surface area contributed by atoms with E-state index in [0.717, 1.165) is 12.1 Å². The van der Waals surface area contributed by atoms with E-state index in [1.807, 2.05) is 29.5 Å². The molecule has 1 saturated heterocycles. The molecule has 26 heavy (non-hydrogen) atoms. The van der Waals surface area contributed by atoms with E-state index < -0.39 is 0 Å². The summed E-state index contributed by atoms with van der Waals surface area (Å²) in [6.45, 7) is 1.69. The largest absolute Gasteiger partial charge is 0.493 e. The second-order valence-corrected chi connectivity index (χ2v) is 7.16. The highest BCUT2D eigenvalue weighted by Crippen LogP contribution is 2.35. The van der Waals surface area contributed by atoms with E-state index in [9.17, 15) is 0 Å². The van der Waals surface area contributed by atoms with Gasteiger partial charge >= 0.3 is 0 Å². The first kappa shape index (κ1) is 17.0. The van der Waals surface area contributed by atoms with Crippen molar-refractivity contribution in [3.8, 4) is 22.9 Å². The molecule has 0 N–H and O–H groups in total. The van der Waals surface area contributed by atoms with Crippen LogP contribution in [0.25, 0.3) is 11.4 Å². The fourth-order valence-electron chi connectivity index (χ4n) is 3.35. The molecule has 136 valence electrons. The molecule has 1 aliphatic rings. The Labute approximate surface area is 156 Å². The Morgan fingerprint density at radius 1 is 1.19 bits per heavy atom. The maximum Gasteiger partial charge on any atom is 0.205 e. The molecule has 7 nitrogen and oxygen atoms in total. The van der Waals surface area contributed by atoms with Crippen LogP contribution in [0.15, 0.2) is 35.7 Å². The zero-order chi connectivity index (χ0) is 17.9. The molecule has 0 amide bonds. The molecule has 0 radical (unpaired) electrons. The van der Waals surface area contributed by atoms with E-state index in [1.165, 1.54) is 17.7 Å². The van der Waals surface area contributed by atoms with Gasteiger partial charge in [0.25, 0.3) is 0 Å². The van der Waals surface area contributed by atoms with Crippen LogP contribution in [0.5, 0.6) is 11.5 Å². The lowest BCUT2D eigenvalue weighted by Crippen LogP contribution is -2.27. The zero-order valence-corrected chi connectivity index (χ0v) is 15.6. The van der Waals surface area contributed by atoms with Gasteiger partial charge < -0.3 is 9.47 Å². The van der Waals surface area contributed by atoms with Gasteiger partial charge in [0.15, 0.2) is 11.5 Å². The molecule has 0 aliphatic carbocycles. The summed E-state index contributed by atoms with van der Waals surface area (Å²) in [6, 6.07) is 10.4. The number of rotatable bonds is 6. The van der Waals surface area contributed by atoms with Gasteiger partial charge in [-0.1, -0.05) is 6.07 Å². The minimum Gasteiger partial charge on any atom is -0.493 e. The van der Waals surface area contributed by atoms with Gasteiger partial charge in [0.05, 0.1) is 14.2 Å². The summed E-state index contributed by atoms with van der Waals surface area (Å²) in [4.78, 5) is 5.48. The number of ether oxygens (including phenoxy) is 2. The first-order valence-corrected chi connectivity index (χ1v) is 9.44. The molecule has 2 aromatic heterocycles. The summed E-state index contributed by atoms with van der Waals surface area (Å²) >= 11 is 1.81. The second kappa shape index (κ2) is 7.43. The van der Waals surface area contributed by atoms with Gasteiger partial charge in [-0.15, -0.1) is 26.3 Å². The van der Waals surface area contributed by atoms with Crippen molar-refractivity contribution in [3.63, 3.8) is 0 Å². The van der Waals surface area contributed by atoms with Crippen molar-refractivity contribution in [1.82, 2.24) is 25.1 Å². The van der Waals surface area contributed by atoms with Crippen LogP contribution in [0.2, 0.25) is 0 Å². The Hall–Kier alpha value is -2.45. The Morgan fingerprint density at radius 3 is 2.85 bits per heavy atom. The molecule has 1 fully saturated rings. The fraction of sp³-hybridized carbons (Fsp3) is 0.389. The average molecular weight is 371 g/mol. The predicted octanol–water partition coefficient (Wildman–Crippen LogP) is 3.21. The summed E-state index contributed by atoms with van der Waals surface area (Å²) in [5.74, 6) is 1.91. The molecule has 1 aromatic carbocycles. The van der Waals surface area contributed by atoms with Crippen LogP contribution in [0.1, 0.15) is 23.8 Å². The molecule has 0 saturated carbocycles. The van der Waals surface area contributed by atoms with Crippen molar-refractivity contribution in [2.75, 3.05) is 20.8 Å². The molecule has 1 atom stereocenters. The maximum absolute atomic E-state index is 5.35. The van der Waals surface area contributed by atoms with Crippen LogP contribution in [0, 0.1) is 0 Å². The van der Waals surface area contributed by atoms with Crippen molar-refractivity contribution in [2.45, 2.75) is 25.6 Å². The molecule has 0 unspecified atom stereocenters. The number of methoxy groups -OCH3 is 2. The Bertz CT molecular complexity index is 864. The number of hydrogen-bond acceptors (Lipinski definition) is 7. The first-order valence-electron chi connectivity index (χ1n) is 8.56. The minimum atomic E-state index is 0.450. The Kier molecular flexibility index (Phi) is 4.85. The molecule has 3 aromatic rings. The summed E-state index contributed by atoms with van der Waals surface area (Å²) < 4.78 is 10.6. The molecule has 8 heteroatoms. The van der Waals surface area contributed by atoms with Crippen molar-refractivity contribution in [3.05, 3.63) is 40.6 Å². The molecule has 4 rings (SSSR count). The van der Waals surface area contributed by atoms with Crippen molar-refractivity contribution in [2.24, 2.45) is 0 Å². The smallest absolute Gasteiger partial charge is 0.205 e. The van der Waals surface area contributed by atoms with Gasteiger partial charge in [0.2, 0.25) is 5.82 Å². The summed E-state index contributed by atoms with van der Waals surface area (Å²) in [6.07, 6.45) is 2.37. The highest BCUT2D eigenvalue weighted by Gasteiger charge is 2.27. The Balaban J connectivity index is 1.51. The lowest BCUT2D eigenvalue weighted by atomic mass is 10.2. The van der Waals surface area contributed by atoms with Crippen LogP contribution < -0.4 is 9.47 Å². The van der Waals surface area contributed by atoms with Crippen LogP contribution in [-0.2, 0) is 6.67 Å². The van der Waals surface area contributed by atoms with E-state index in [2.05, 4.69) is 37.8 Å². The molecule has 3 heterocycles. The lowest BCUT2D eigenvalue weighted by molar-refractivity contribution is 0.179. The monoisotopic (exact) mass is 371 g/mol. The van der Waals surface area contributed by atoms with E-state index in [-0.39, 0.29) is 0 Å². The number of benzene rings is 1. The standard InChI is InChI=1S/C18H21N5O2S/c1-24-15-8-7-13(11-16(15)25-2)18-19-21-23(20-18)12-22-9-3-5-14(22)17-6-4-10-26-17/h4,6-8,10-11,14H,3,5,9,12H2,1-2H3/t14-/m0/s1. The molecule has 1 aliphatic heterocycles. The van der Waals surface area contributed by atoms with E-state index in [0.29, 0.717) is 30.0 Å². The van der Waals surface area contributed by atoms with E-state index >= 15 is 0 Å². The number of aromatic nitrogens is 4. The summed E-state index contributed by atoms with van der Waals surface area (Å²) in [7, 11) is 3.23. The maximum atomic E-state index is 5.35. The molecular weight excluding hydrogens is 350 g/mol. The minimum absolute atomic E-state index is 0.450. The van der Waals surface area contributed by atoms with Gasteiger partial charge in [-0.05, 0) is 47.7 Å². The lowest BCUT2D eigenvalue weighted by Gasteiger charge is -2.22. The number of tetrazole rings is 1. The summed E-state index contributed by atoms with van der Waals surface area (Å²) in [5, 5.41) is 15.1. The molecular formula is C18H21N5O2S. The molecule has 0 spiro atoms. The number of likely N-dealkylation sites (tertiary alicyclic amines) is 1. The van der Waals surface area contributed by atoms with Gasteiger partial charge in [-0.3, -0.25) is 4.90 Å². The van der Waals surface area contributed by atoms with Gasteiger partial charge in [-0.2, -0.15) is 0 Å². The third-order valence-corrected chi connectivity index (χ3v) is 5.61. The van der Waals surface area contributed by atoms with Crippen LogP contribution in [0.3, 0.4) is 0 Å². The quantitative estimate of drug-likeness (QED) is 0.663. The van der Waals surface area contributed by atoms with E-state index in [4.69, 9.17) is 9.47 Å². The normalized spacial score (nSPS) is 17.5. The van der Waals surface area contributed by atoms with Crippen LogP contribution >= 0.6 is 11.3 Å². The van der Waals surface area contributed by atoms with Gasteiger partial charge in [0.1, 0.15) is 6.67 Å². The third kappa shape index (κ3) is 3.30. The number of nitrogens with zero attached hydrogens (tertiary/aromatic N) is 5. The number of thiophene rings is 1. The zero-order valence-electron chi connectivity index (χ0n) is 14.8. The van der Waals surface area contributed by atoms with Crippen molar-refractivity contribution < 1.29 is 9.47 Å². The van der Waals surface area contributed by atoms with Gasteiger partial charge in [-0.25, -0.2) is 0 Å². The van der Waals surface area contributed by atoms with Crippen molar-refractivity contribution in [1.29, 1.82) is 0 Å². The SMILES string of the molecule is COc1ccc(-c2nnn(CN3CCC[C@H]3c3cccs3)n2)cc1OC. The van der Waals surface area contributed by atoms with E-state index in [1.54, 1.807) is 19.0 Å². The molecule has 0 bridgehead atoms. The fourth-order valence-corrected chi connectivity index (χ4v) is 4.25.